The van der Waals surface area contributed by atoms with Crippen LogP contribution in [0.1, 0.15) is 29.1 Å². The molecule has 6 heteroatoms. The summed E-state index contributed by atoms with van der Waals surface area (Å²) in [5.41, 5.74) is 2.40. The fourth-order valence-electron chi connectivity index (χ4n) is 2.46. The highest BCUT2D eigenvalue weighted by Gasteiger charge is 2.00. The first kappa shape index (κ1) is 19.2. The van der Waals surface area contributed by atoms with Crippen molar-refractivity contribution in [3.63, 3.8) is 0 Å². The van der Waals surface area contributed by atoms with Gasteiger partial charge >= 0.3 is 0 Å². The molecule has 0 aliphatic heterocycles. The average molecular weight is 361 g/mol. The fraction of sp³-hybridized carbons (Fsp3) is 0.474. The van der Waals surface area contributed by atoms with Gasteiger partial charge in [0.1, 0.15) is 5.75 Å². The molecule has 0 unspecified atom stereocenters. The lowest BCUT2D eigenvalue weighted by atomic mass is 10.1. The second-order valence-corrected chi connectivity index (χ2v) is 6.81. The summed E-state index contributed by atoms with van der Waals surface area (Å²) in [4.78, 5) is 8.76. The maximum Gasteiger partial charge on any atom is 0.190 e. The van der Waals surface area contributed by atoms with Gasteiger partial charge in [0.25, 0.3) is 0 Å². The standard InChI is InChI=1S/C19H28N4OS/c1-15-14-25-18(23-15)6-4-5-12-21-19(20-2)22-13-11-16-7-9-17(24-3)10-8-16/h7-10,14H,4-6,11-13H2,1-3H3,(H2,20,21,22). The van der Waals surface area contributed by atoms with E-state index in [2.05, 4.69) is 38.1 Å². The van der Waals surface area contributed by atoms with E-state index >= 15 is 0 Å². The summed E-state index contributed by atoms with van der Waals surface area (Å²) in [6.07, 6.45) is 4.26. The van der Waals surface area contributed by atoms with Gasteiger partial charge in [0.05, 0.1) is 12.1 Å². The van der Waals surface area contributed by atoms with E-state index in [9.17, 15) is 0 Å². The highest BCUT2D eigenvalue weighted by Crippen LogP contribution is 2.12. The van der Waals surface area contributed by atoms with Gasteiger partial charge in [-0.05, 0) is 50.3 Å². The fourth-order valence-corrected chi connectivity index (χ4v) is 3.28. The molecule has 2 aromatic rings. The van der Waals surface area contributed by atoms with Crippen LogP contribution in [-0.2, 0) is 12.8 Å². The van der Waals surface area contributed by atoms with Crippen molar-refractivity contribution in [1.82, 2.24) is 15.6 Å². The Balaban J connectivity index is 1.58. The van der Waals surface area contributed by atoms with Crippen molar-refractivity contribution < 1.29 is 4.74 Å². The van der Waals surface area contributed by atoms with Crippen LogP contribution in [0.25, 0.3) is 0 Å². The SMILES string of the molecule is CN=C(NCCCCc1nc(C)cs1)NCCc1ccc(OC)cc1. The second kappa shape index (κ2) is 10.7. The zero-order chi connectivity index (χ0) is 17.9. The van der Waals surface area contributed by atoms with Crippen molar-refractivity contribution in [1.29, 1.82) is 0 Å². The molecular weight excluding hydrogens is 332 g/mol. The molecule has 0 amide bonds. The first-order valence-corrected chi connectivity index (χ1v) is 9.57. The van der Waals surface area contributed by atoms with Crippen LogP contribution in [0.2, 0.25) is 0 Å². The van der Waals surface area contributed by atoms with Gasteiger partial charge in [-0.15, -0.1) is 11.3 Å². The van der Waals surface area contributed by atoms with Gasteiger partial charge in [-0.1, -0.05) is 12.1 Å². The Labute approximate surface area is 154 Å². The van der Waals surface area contributed by atoms with Crippen molar-refractivity contribution in [2.75, 3.05) is 27.2 Å². The van der Waals surface area contributed by atoms with Gasteiger partial charge in [0.2, 0.25) is 0 Å². The van der Waals surface area contributed by atoms with Crippen LogP contribution in [0.3, 0.4) is 0 Å². The molecule has 5 nitrogen and oxygen atoms in total. The van der Waals surface area contributed by atoms with Crippen LogP contribution in [0.15, 0.2) is 34.6 Å². The molecular formula is C19H28N4OS. The lowest BCUT2D eigenvalue weighted by molar-refractivity contribution is 0.414. The number of guanidine groups is 1. The summed E-state index contributed by atoms with van der Waals surface area (Å²) < 4.78 is 5.17. The Morgan fingerprint density at radius 1 is 1.12 bits per heavy atom. The minimum Gasteiger partial charge on any atom is -0.497 e. The summed E-state index contributed by atoms with van der Waals surface area (Å²) >= 11 is 1.75. The lowest BCUT2D eigenvalue weighted by Gasteiger charge is -2.12. The lowest BCUT2D eigenvalue weighted by Crippen LogP contribution is -2.38. The number of thiazole rings is 1. The van der Waals surface area contributed by atoms with Crippen LogP contribution in [0.4, 0.5) is 0 Å². The number of unbranched alkanes of at least 4 members (excludes halogenated alkanes) is 1. The molecule has 0 spiro atoms. The van der Waals surface area contributed by atoms with Gasteiger partial charge in [-0.25, -0.2) is 4.98 Å². The zero-order valence-corrected chi connectivity index (χ0v) is 16.2. The molecule has 0 atom stereocenters. The van der Waals surface area contributed by atoms with E-state index in [-0.39, 0.29) is 0 Å². The third kappa shape index (κ3) is 7.13. The highest BCUT2D eigenvalue weighted by atomic mass is 32.1. The third-order valence-electron chi connectivity index (χ3n) is 3.87. The van der Waals surface area contributed by atoms with E-state index < -0.39 is 0 Å². The summed E-state index contributed by atoms with van der Waals surface area (Å²) in [5.74, 6) is 1.75. The molecule has 1 aromatic carbocycles. The molecule has 0 fully saturated rings. The van der Waals surface area contributed by atoms with E-state index in [1.165, 1.54) is 10.6 Å². The maximum absolute atomic E-state index is 5.17. The number of methoxy groups -OCH3 is 1. The molecule has 0 bridgehead atoms. The van der Waals surface area contributed by atoms with Crippen molar-refractivity contribution >= 4 is 17.3 Å². The maximum atomic E-state index is 5.17. The number of nitrogens with one attached hydrogen (secondary N) is 2. The summed E-state index contributed by atoms with van der Waals surface area (Å²) in [7, 11) is 3.49. The number of hydrogen-bond acceptors (Lipinski definition) is 4. The van der Waals surface area contributed by atoms with E-state index in [1.807, 2.05) is 19.1 Å². The number of benzene rings is 1. The number of aryl methyl sites for hydroxylation is 2. The van der Waals surface area contributed by atoms with E-state index in [0.29, 0.717) is 0 Å². The molecule has 0 aliphatic carbocycles. The molecule has 0 radical (unpaired) electrons. The Hall–Kier alpha value is -2.08. The predicted molar refractivity (Wildman–Crippen MR) is 106 cm³/mol. The molecule has 2 rings (SSSR count). The Kier molecular flexibility index (Phi) is 8.25. The van der Waals surface area contributed by atoms with E-state index in [0.717, 1.165) is 56.2 Å². The Morgan fingerprint density at radius 3 is 2.52 bits per heavy atom. The van der Waals surface area contributed by atoms with Gasteiger partial charge < -0.3 is 15.4 Å². The molecule has 25 heavy (non-hydrogen) atoms. The topological polar surface area (TPSA) is 58.5 Å². The van der Waals surface area contributed by atoms with Gasteiger partial charge in [-0.3, -0.25) is 4.99 Å². The van der Waals surface area contributed by atoms with Crippen LogP contribution >= 0.6 is 11.3 Å². The molecule has 1 aromatic heterocycles. The van der Waals surface area contributed by atoms with Crippen molar-refractivity contribution in [2.45, 2.75) is 32.6 Å². The smallest absolute Gasteiger partial charge is 0.190 e. The molecule has 1 heterocycles. The van der Waals surface area contributed by atoms with Crippen molar-refractivity contribution in [2.24, 2.45) is 4.99 Å². The number of ether oxygens (including phenoxy) is 1. The normalized spacial score (nSPS) is 11.4. The van der Waals surface area contributed by atoms with Crippen LogP contribution < -0.4 is 15.4 Å². The zero-order valence-electron chi connectivity index (χ0n) is 15.3. The largest absolute Gasteiger partial charge is 0.497 e. The molecule has 136 valence electrons. The van der Waals surface area contributed by atoms with Crippen molar-refractivity contribution in [3.8, 4) is 5.75 Å². The summed E-state index contributed by atoms with van der Waals surface area (Å²) in [6, 6.07) is 8.17. The van der Waals surface area contributed by atoms with E-state index in [1.54, 1.807) is 25.5 Å². The number of rotatable bonds is 9. The van der Waals surface area contributed by atoms with Crippen LogP contribution in [-0.4, -0.2) is 38.2 Å². The summed E-state index contributed by atoms with van der Waals surface area (Å²) in [6.45, 7) is 3.82. The average Bonchev–Trinajstić information content (AvgIpc) is 3.05. The number of nitrogens with zero attached hydrogens (tertiary/aromatic N) is 2. The quantitative estimate of drug-likeness (QED) is 0.410. The molecule has 2 N–H and O–H groups in total. The minimum absolute atomic E-state index is 0.852. The second-order valence-electron chi connectivity index (χ2n) is 5.86. The van der Waals surface area contributed by atoms with Gasteiger partial charge in [0.15, 0.2) is 5.96 Å². The number of aliphatic imine (C=N–C) groups is 1. The number of hydrogen-bond donors (Lipinski definition) is 2. The molecule has 0 aliphatic rings. The molecule has 0 saturated carbocycles. The van der Waals surface area contributed by atoms with Crippen molar-refractivity contribution in [3.05, 3.63) is 45.9 Å². The number of aromatic nitrogens is 1. The van der Waals surface area contributed by atoms with Crippen LogP contribution in [0, 0.1) is 6.92 Å². The van der Waals surface area contributed by atoms with Crippen LogP contribution in [0.5, 0.6) is 5.75 Å². The van der Waals surface area contributed by atoms with E-state index in [4.69, 9.17) is 4.74 Å². The Morgan fingerprint density at radius 2 is 1.88 bits per heavy atom. The highest BCUT2D eigenvalue weighted by molar-refractivity contribution is 7.09. The third-order valence-corrected chi connectivity index (χ3v) is 4.89. The predicted octanol–water partition coefficient (Wildman–Crippen LogP) is 3.19. The minimum atomic E-state index is 0.852. The first-order valence-electron chi connectivity index (χ1n) is 8.69. The monoisotopic (exact) mass is 360 g/mol. The first-order chi connectivity index (χ1) is 12.2. The molecule has 0 saturated heterocycles. The summed E-state index contributed by atoms with van der Waals surface area (Å²) in [5, 5.41) is 10.1. The van der Waals surface area contributed by atoms with Gasteiger partial charge in [-0.2, -0.15) is 0 Å². The van der Waals surface area contributed by atoms with Gasteiger partial charge in [0, 0.05) is 31.2 Å². The Bertz CT molecular complexity index is 652.